The number of piperazine rings is 1. The van der Waals surface area contributed by atoms with Crippen molar-refractivity contribution in [1.82, 2.24) is 19.6 Å². The van der Waals surface area contributed by atoms with Crippen molar-refractivity contribution in [2.45, 2.75) is 33.9 Å². The van der Waals surface area contributed by atoms with E-state index in [1.54, 1.807) is 19.2 Å². The molecule has 1 aromatic heterocycles. The molecule has 182 valence electrons. The first-order valence-corrected chi connectivity index (χ1v) is 12.2. The molecule has 7 heteroatoms. The smallest absolute Gasteiger partial charge is 0.137 e. The van der Waals surface area contributed by atoms with E-state index in [1.165, 1.54) is 17.2 Å². The van der Waals surface area contributed by atoms with Crippen molar-refractivity contribution in [3.05, 3.63) is 71.2 Å². The molecule has 3 aromatic rings. The summed E-state index contributed by atoms with van der Waals surface area (Å²) in [5.74, 6) is 1.74. The van der Waals surface area contributed by atoms with Crippen LogP contribution in [0, 0.1) is 12.7 Å². The largest absolute Gasteiger partial charge is 0.496 e. The Morgan fingerprint density at radius 2 is 1.76 bits per heavy atom. The second-order valence-corrected chi connectivity index (χ2v) is 8.82. The van der Waals surface area contributed by atoms with Gasteiger partial charge in [-0.15, -0.1) is 0 Å². The maximum Gasteiger partial charge on any atom is 0.137 e. The van der Waals surface area contributed by atoms with Crippen molar-refractivity contribution in [1.29, 1.82) is 0 Å². The number of rotatable bonds is 9. The average Bonchev–Trinajstić information content (AvgIpc) is 3.19. The van der Waals surface area contributed by atoms with Crippen LogP contribution in [-0.2, 0) is 13.1 Å². The summed E-state index contributed by atoms with van der Waals surface area (Å²) in [6.07, 6.45) is 0. The lowest BCUT2D eigenvalue weighted by Crippen LogP contribution is -2.47. The standard InChI is InChI=1S/C27H36FN5O/c1-5-30-14-16-32(17-15-30)27-25(21(3)29-33(27)24-12-9-11-23(28)18-24)20-31(6-2)19-22-10-7-8-13-26(22)34-4/h7-13,18H,5-6,14-17,19-20H2,1-4H3. The van der Waals surface area contributed by atoms with Gasteiger partial charge in [0.15, 0.2) is 0 Å². The zero-order valence-electron chi connectivity index (χ0n) is 20.8. The molecule has 34 heavy (non-hydrogen) atoms. The van der Waals surface area contributed by atoms with Crippen LogP contribution in [0.2, 0.25) is 0 Å². The van der Waals surface area contributed by atoms with Crippen molar-refractivity contribution in [3.63, 3.8) is 0 Å². The summed E-state index contributed by atoms with van der Waals surface area (Å²) in [6, 6.07) is 14.9. The van der Waals surface area contributed by atoms with E-state index in [0.29, 0.717) is 0 Å². The average molecular weight is 466 g/mol. The molecule has 0 amide bonds. The highest BCUT2D eigenvalue weighted by atomic mass is 19.1. The highest BCUT2D eigenvalue weighted by Crippen LogP contribution is 2.31. The fourth-order valence-corrected chi connectivity index (χ4v) is 4.70. The maximum atomic E-state index is 14.1. The zero-order valence-corrected chi connectivity index (χ0v) is 20.8. The molecular weight excluding hydrogens is 429 g/mol. The first-order valence-electron chi connectivity index (χ1n) is 12.2. The molecule has 1 saturated heterocycles. The van der Waals surface area contributed by atoms with Gasteiger partial charge < -0.3 is 14.5 Å². The number of aryl methyl sites for hydroxylation is 1. The third kappa shape index (κ3) is 5.26. The lowest BCUT2D eigenvalue weighted by Gasteiger charge is -2.36. The summed E-state index contributed by atoms with van der Waals surface area (Å²) in [4.78, 5) is 7.29. The maximum absolute atomic E-state index is 14.1. The third-order valence-electron chi connectivity index (χ3n) is 6.74. The minimum Gasteiger partial charge on any atom is -0.496 e. The van der Waals surface area contributed by atoms with Gasteiger partial charge in [0.05, 0.1) is 18.5 Å². The number of nitrogens with zero attached hydrogens (tertiary/aromatic N) is 5. The summed E-state index contributed by atoms with van der Waals surface area (Å²) in [6.45, 7) is 13.8. The number of benzene rings is 2. The molecule has 6 nitrogen and oxygen atoms in total. The van der Waals surface area contributed by atoms with Crippen LogP contribution < -0.4 is 9.64 Å². The van der Waals surface area contributed by atoms with Gasteiger partial charge in [-0.05, 0) is 44.3 Å². The number of halogens is 1. The fraction of sp³-hybridized carbons (Fsp3) is 0.444. The summed E-state index contributed by atoms with van der Waals surface area (Å²) >= 11 is 0. The number of hydrogen-bond acceptors (Lipinski definition) is 5. The monoisotopic (exact) mass is 465 g/mol. The van der Waals surface area contributed by atoms with Crippen molar-refractivity contribution >= 4 is 5.82 Å². The molecule has 4 rings (SSSR count). The molecule has 1 aliphatic rings. The molecule has 0 unspecified atom stereocenters. The molecule has 2 aromatic carbocycles. The molecule has 0 spiro atoms. The Morgan fingerprint density at radius 1 is 1.00 bits per heavy atom. The van der Waals surface area contributed by atoms with Crippen LogP contribution in [0.3, 0.4) is 0 Å². The zero-order chi connectivity index (χ0) is 24.1. The molecule has 1 fully saturated rings. The molecule has 0 atom stereocenters. The molecule has 0 bridgehead atoms. The number of hydrogen-bond donors (Lipinski definition) is 0. The predicted molar refractivity (Wildman–Crippen MR) is 135 cm³/mol. The summed E-state index contributed by atoms with van der Waals surface area (Å²) in [7, 11) is 1.72. The first kappa shape index (κ1) is 24.2. The van der Waals surface area contributed by atoms with E-state index in [4.69, 9.17) is 9.84 Å². The van der Waals surface area contributed by atoms with Gasteiger partial charge in [-0.25, -0.2) is 9.07 Å². The third-order valence-corrected chi connectivity index (χ3v) is 6.74. The van der Waals surface area contributed by atoms with Crippen LogP contribution in [0.4, 0.5) is 10.2 Å². The van der Waals surface area contributed by atoms with Gasteiger partial charge in [-0.3, -0.25) is 4.90 Å². The van der Waals surface area contributed by atoms with Gasteiger partial charge in [0, 0.05) is 50.4 Å². The number of methoxy groups -OCH3 is 1. The minimum atomic E-state index is -0.250. The Kier molecular flexibility index (Phi) is 7.85. The van der Waals surface area contributed by atoms with Crippen molar-refractivity contribution < 1.29 is 9.13 Å². The number of anilines is 1. The normalized spacial score (nSPS) is 14.7. The van der Waals surface area contributed by atoms with E-state index >= 15 is 0 Å². The lowest BCUT2D eigenvalue weighted by molar-refractivity contribution is 0.261. The Balaban J connectivity index is 1.69. The second kappa shape index (κ2) is 11.0. The van der Waals surface area contributed by atoms with Crippen LogP contribution in [-0.4, -0.2) is 66.0 Å². The van der Waals surface area contributed by atoms with Crippen molar-refractivity contribution in [2.75, 3.05) is 51.3 Å². The fourth-order valence-electron chi connectivity index (χ4n) is 4.70. The van der Waals surface area contributed by atoms with Gasteiger partial charge in [0.2, 0.25) is 0 Å². The predicted octanol–water partition coefficient (Wildman–Crippen LogP) is 4.49. The molecule has 0 radical (unpaired) electrons. The van der Waals surface area contributed by atoms with Crippen molar-refractivity contribution in [3.8, 4) is 11.4 Å². The second-order valence-electron chi connectivity index (χ2n) is 8.82. The SMILES string of the molecule is CCN1CCN(c2c(CN(CC)Cc3ccccc3OC)c(C)nn2-c2cccc(F)c2)CC1. The Bertz CT molecular complexity index is 1090. The summed E-state index contributed by atoms with van der Waals surface area (Å²) in [5.41, 5.74) is 4.11. The molecule has 1 aliphatic heterocycles. The molecule has 0 N–H and O–H groups in total. The van der Waals surface area contributed by atoms with Gasteiger partial charge in [-0.1, -0.05) is 38.1 Å². The molecule has 2 heterocycles. The highest BCUT2D eigenvalue weighted by molar-refractivity contribution is 5.56. The van der Waals surface area contributed by atoms with Crippen LogP contribution in [0.25, 0.3) is 5.69 Å². The number of aromatic nitrogens is 2. The molecule has 0 aliphatic carbocycles. The van der Waals surface area contributed by atoms with E-state index in [9.17, 15) is 4.39 Å². The van der Waals surface area contributed by atoms with Gasteiger partial charge in [-0.2, -0.15) is 5.10 Å². The van der Waals surface area contributed by atoms with E-state index in [-0.39, 0.29) is 5.82 Å². The van der Waals surface area contributed by atoms with E-state index in [0.717, 1.165) is 75.3 Å². The first-order chi connectivity index (χ1) is 16.5. The van der Waals surface area contributed by atoms with E-state index < -0.39 is 0 Å². The summed E-state index contributed by atoms with van der Waals surface area (Å²) in [5, 5.41) is 4.91. The van der Waals surface area contributed by atoms with Gasteiger partial charge in [0.25, 0.3) is 0 Å². The van der Waals surface area contributed by atoms with Crippen molar-refractivity contribution in [2.24, 2.45) is 0 Å². The number of ether oxygens (including phenoxy) is 1. The Hall–Kier alpha value is -2.90. The quantitative estimate of drug-likeness (QED) is 0.465. The Morgan fingerprint density at radius 3 is 2.44 bits per heavy atom. The Labute approximate surface area is 202 Å². The minimum absolute atomic E-state index is 0.250. The number of likely N-dealkylation sites (N-methyl/N-ethyl adjacent to an activating group) is 1. The summed E-state index contributed by atoms with van der Waals surface area (Å²) < 4.78 is 21.7. The van der Waals surface area contributed by atoms with Crippen LogP contribution in [0.15, 0.2) is 48.5 Å². The van der Waals surface area contributed by atoms with Gasteiger partial charge in [0.1, 0.15) is 17.4 Å². The topological polar surface area (TPSA) is 36.8 Å². The van der Waals surface area contributed by atoms with Crippen LogP contribution in [0.1, 0.15) is 30.7 Å². The van der Waals surface area contributed by atoms with E-state index in [2.05, 4.69) is 47.6 Å². The molecular formula is C27H36FN5O. The highest BCUT2D eigenvalue weighted by Gasteiger charge is 2.26. The lowest BCUT2D eigenvalue weighted by atomic mass is 10.1. The van der Waals surface area contributed by atoms with E-state index in [1.807, 2.05) is 22.9 Å². The van der Waals surface area contributed by atoms with Crippen LogP contribution in [0.5, 0.6) is 5.75 Å². The molecule has 0 saturated carbocycles. The number of para-hydroxylation sites is 1. The van der Waals surface area contributed by atoms with Gasteiger partial charge >= 0.3 is 0 Å². The van der Waals surface area contributed by atoms with Crippen LogP contribution >= 0.6 is 0 Å².